The molecule has 2 aliphatic rings. The third-order valence-electron chi connectivity index (χ3n) is 6.02. The van der Waals surface area contributed by atoms with Crippen molar-refractivity contribution >= 4 is 17.4 Å². The minimum Gasteiger partial charge on any atom is -0.492 e. The summed E-state index contributed by atoms with van der Waals surface area (Å²) >= 11 is 6.53. The number of benzene rings is 1. The van der Waals surface area contributed by atoms with Crippen molar-refractivity contribution in [2.45, 2.75) is 44.8 Å². The van der Waals surface area contributed by atoms with Crippen LogP contribution in [0.5, 0.6) is 5.75 Å². The summed E-state index contributed by atoms with van der Waals surface area (Å²) in [6, 6.07) is 5.30. The van der Waals surface area contributed by atoms with Gasteiger partial charge in [0.1, 0.15) is 5.75 Å². The lowest BCUT2D eigenvalue weighted by Crippen LogP contribution is -2.36. The van der Waals surface area contributed by atoms with Crippen LogP contribution in [0.4, 0.5) is 0 Å². The number of aromatic nitrogens is 1. The second-order valence-corrected chi connectivity index (χ2v) is 8.84. The number of Topliss-reactive ketones (excluding diaryl/α,β-unsaturated/α-hetero) is 1. The van der Waals surface area contributed by atoms with Crippen molar-refractivity contribution in [1.82, 2.24) is 4.57 Å². The summed E-state index contributed by atoms with van der Waals surface area (Å²) in [5.74, 6) is 0.432. The van der Waals surface area contributed by atoms with Crippen LogP contribution in [0, 0.1) is 0 Å². The molecule has 7 heteroatoms. The van der Waals surface area contributed by atoms with Crippen molar-refractivity contribution in [3.05, 3.63) is 50.8 Å². The topological polar surface area (TPSA) is 66.8 Å². The fraction of sp³-hybridized carbons (Fsp3) is 0.478. The molecule has 0 radical (unpaired) electrons. The molecule has 0 amide bonds. The zero-order chi connectivity index (χ0) is 21.6. The number of hydrogen-bond donors (Lipinski definition) is 0. The van der Waals surface area contributed by atoms with Crippen LogP contribution in [0.25, 0.3) is 11.3 Å². The molecule has 0 bridgehead atoms. The van der Waals surface area contributed by atoms with Crippen LogP contribution in [0.1, 0.15) is 55.1 Å². The number of carbonyl (C=O) groups is 1. The lowest BCUT2D eigenvalue weighted by atomic mass is 9.79. The van der Waals surface area contributed by atoms with E-state index in [1.165, 1.54) is 13.0 Å². The van der Waals surface area contributed by atoms with Gasteiger partial charge in [-0.3, -0.25) is 9.59 Å². The summed E-state index contributed by atoms with van der Waals surface area (Å²) in [6.45, 7) is 7.14. The Morgan fingerprint density at radius 3 is 2.77 bits per heavy atom. The molecule has 160 valence electrons. The molecule has 1 saturated heterocycles. The van der Waals surface area contributed by atoms with Crippen molar-refractivity contribution in [1.29, 1.82) is 0 Å². The van der Waals surface area contributed by atoms with Crippen molar-refractivity contribution in [3.63, 3.8) is 0 Å². The fourth-order valence-electron chi connectivity index (χ4n) is 4.61. The average Bonchev–Trinajstić information content (AvgIpc) is 3.01. The SMILES string of the molecule is COCCCOc1cc2c(cc1Cl)-c1cc(=O)c(C(C)=O)cn1[C@H]1[C@@H]2COC1(C)C. The number of fused-ring (bicyclic) bond motifs is 6. The molecule has 0 unspecified atom stereocenters. The first kappa shape index (κ1) is 21.1. The number of methoxy groups -OCH3 is 1. The molecule has 0 aliphatic carbocycles. The predicted molar refractivity (Wildman–Crippen MR) is 115 cm³/mol. The molecule has 6 nitrogen and oxygen atoms in total. The van der Waals surface area contributed by atoms with Crippen molar-refractivity contribution < 1.29 is 19.0 Å². The molecule has 1 aromatic carbocycles. The van der Waals surface area contributed by atoms with E-state index in [0.717, 1.165) is 23.2 Å². The van der Waals surface area contributed by atoms with Crippen LogP contribution in [0.3, 0.4) is 0 Å². The Balaban J connectivity index is 1.86. The second-order valence-electron chi connectivity index (χ2n) is 8.43. The lowest BCUT2D eigenvalue weighted by molar-refractivity contribution is 0.0145. The van der Waals surface area contributed by atoms with Gasteiger partial charge in [0.25, 0.3) is 0 Å². The van der Waals surface area contributed by atoms with Gasteiger partial charge in [-0.2, -0.15) is 0 Å². The van der Waals surface area contributed by atoms with E-state index in [1.807, 2.05) is 30.5 Å². The Morgan fingerprint density at radius 2 is 2.07 bits per heavy atom. The van der Waals surface area contributed by atoms with Gasteiger partial charge >= 0.3 is 0 Å². The number of pyridine rings is 1. The average molecular weight is 432 g/mol. The van der Waals surface area contributed by atoms with E-state index >= 15 is 0 Å². The Kier molecular flexibility index (Phi) is 5.51. The van der Waals surface area contributed by atoms with Gasteiger partial charge in [-0.05, 0) is 38.5 Å². The van der Waals surface area contributed by atoms with E-state index in [2.05, 4.69) is 0 Å². The normalized spacial score (nSPS) is 21.0. The van der Waals surface area contributed by atoms with Crippen LogP contribution < -0.4 is 10.2 Å². The maximum atomic E-state index is 12.6. The van der Waals surface area contributed by atoms with Gasteiger partial charge in [-0.1, -0.05) is 11.6 Å². The van der Waals surface area contributed by atoms with Gasteiger partial charge in [-0.25, -0.2) is 0 Å². The van der Waals surface area contributed by atoms with Crippen LogP contribution in [-0.4, -0.2) is 42.9 Å². The van der Waals surface area contributed by atoms with Crippen LogP contribution in [0.2, 0.25) is 5.02 Å². The van der Waals surface area contributed by atoms with Crippen LogP contribution >= 0.6 is 11.6 Å². The number of halogens is 1. The maximum Gasteiger partial charge on any atom is 0.192 e. The minimum atomic E-state index is -0.459. The highest BCUT2D eigenvalue weighted by molar-refractivity contribution is 6.32. The Morgan fingerprint density at radius 1 is 1.30 bits per heavy atom. The summed E-state index contributed by atoms with van der Waals surface area (Å²) in [4.78, 5) is 24.6. The fourth-order valence-corrected chi connectivity index (χ4v) is 4.83. The number of carbonyl (C=O) groups excluding carboxylic acids is 1. The molecule has 0 saturated carbocycles. The molecule has 1 fully saturated rings. The molecule has 2 aliphatic heterocycles. The molecule has 0 N–H and O–H groups in total. The predicted octanol–water partition coefficient (Wildman–Crippen LogP) is 4.23. The highest BCUT2D eigenvalue weighted by atomic mass is 35.5. The summed E-state index contributed by atoms with van der Waals surface area (Å²) in [5, 5.41) is 0.484. The summed E-state index contributed by atoms with van der Waals surface area (Å²) in [5.41, 5.74) is 2.11. The molecule has 30 heavy (non-hydrogen) atoms. The summed E-state index contributed by atoms with van der Waals surface area (Å²) in [7, 11) is 1.66. The summed E-state index contributed by atoms with van der Waals surface area (Å²) in [6.07, 6.45) is 2.44. The van der Waals surface area contributed by atoms with Gasteiger partial charge < -0.3 is 18.8 Å². The van der Waals surface area contributed by atoms with Crippen molar-refractivity contribution in [2.75, 3.05) is 26.9 Å². The number of hydrogen-bond acceptors (Lipinski definition) is 5. The minimum absolute atomic E-state index is 0.0544. The van der Waals surface area contributed by atoms with Gasteiger partial charge in [0.15, 0.2) is 11.2 Å². The van der Waals surface area contributed by atoms with E-state index in [9.17, 15) is 9.59 Å². The zero-order valence-corrected chi connectivity index (χ0v) is 18.4. The number of ether oxygens (including phenoxy) is 3. The van der Waals surface area contributed by atoms with Crippen molar-refractivity contribution in [2.24, 2.45) is 0 Å². The number of ketones is 1. The Hall–Kier alpha value is -2.15. The molecule has 1 aromatic heterocycles. The molecular weight excluding hydrogens is 406 g/mol. The molecule has 3 heterocycles. The summed E-state index contributed by atoms with van der Waals surface area (Å²) < 4.78 is 19.1. The number of rotatable bonds is 6. The van der Waals surface area contributed by atoms with Crippen molar-refractivity contribution in [3.8, 4) is 17.0 Å². The third-order valence-corrected chi connectivity index (χ3v) is 6.31. The van der Waals surface area contributed by atoms with E-state index in [0.29, 0.717) is 30.6 Å². The smallest absolute Gasteiger partial charge is 0.192 e. The highest BCUT2D eigenvalue weighted by Gasteiger charge is 2.49. The van der Waals surface area contributed by atoms with Gasteiger partial charge in [-0.15, -0.1) is 0 Å². The van der Waals surface area contributed by atoms with Crippen LogP contribution in [-0.2, 0) is 9.47 Å². The van der Waals surface area contributed by atoms with Gasteiger partial charge in [0.2, 0.25) is 0 Å². The third kappa shape index (κ3) is 3.47. The standard InChI is InChI=1S/C23H26ClNO5/c1-13(26)16-11-25-19(10-20(16)27)15-8-18(24)21(29-7-5-6-28-4)9-14(15)17-12-30-23(2,3)22(17)25/h8-11,17,22H,5-7,12H2,1-4H3/t17-,22+/m1/s1. The monoisotopic (exact) mass is 431 g/mol. The number of nitrogens with zero attached hydrogens (tertiary/aromatic N) is 1. The van der Waals surface area contributed by atoms with E-state index in [1.54, 1.807) is 13.3 Å². The Labute approximate surface area is 180 Å². The lowest BCUT2D eigenvalue weighted by Gasteiger charge is -2.38. The largest absolute Gasteiger partial charge is 0.492 e. The Bertz CT molecular complexity index is 1060. The molecule has 2 atom stereocenters. The first-order valence-corrected chi connectivity index (χ1v) is 10.5. The van der Waals surface area contributed by atoms with Crippen LogP contribution in [0.15, 0.2) is 29.2 Å². The van der Waals surface area contributed by atoms with Gasteiger partial charge in [0.05, 0.1) is 41.1 Å². The molecule has 2 aromatic rings. The maximum absolute atomic E-state index is 12.6. The molecule has 4 rings (SSSR count). The zero-order valence-electron chi connectivity index (χ0n) is 17.7. The molecule has 0 spiro atoms. The van der Waals surface area contributed by atoms with E-state index < -0.39 is 5.60 Å². The quantitative estimate of drug-likeness (QED) is 0.505. The van der Waals surface area contributed by atoms with E-state index in [-0.39, 0.29) is 28.7 Å². The highest BCUT2D eigenvalue weighted by Crippen LogP contribution is 2.53. The van der Waals surface area contributed by atoms with E-state index in [4.69, 9.17) is 25.8 Å². The first-order valence-electron chi connectivity index (χ1n) is 10.1. The van der Waals surface area contributed by atoms with Gasteiger partial charge in [0, 0.05) is 43.9 Å². The molecular formula is C23H26ClNO5. The second kappa shape index (κ2) is 7.84. The first-order chi connectivity index (χ1) is 14.2.